The molecule has 0 aliphatic heterocycles. The topological polar surface area (TPSA) is 68.1 Å². The molecule has 0 aliphatic rings. The van der Waals surface area contributed by atoms with Crippen LogP contribution in [-0.2, 0) is 12.0 Å². The van der Waals surface area contributed by atoms with Crippen LogP contribution in [0.3, 0.4) is 0 Å². The van der Waals surface area contributed by atoms with Gasteiger partial charge in [-0.3, -0.25) is 10.1 Å². The Morgan fingerprint density at radius 1 is 1.43 bits per heavy atom. The van der Waals surface area contributed by atoms with Crippen LogP contribution in [0.2, 0.25) is 0 Å². The Kier molecular flexibility index (Phi) is 4.22. The van der Waals surface area contributed by atoms with E-state index in [1.165, 1.54) is 12.1 Å². The number of benzene rings is 1. The van der Waals surface area contributed by atoms with Gasteiger partial charge >= 0.3 is 0 Å². The number of nitro benzene ring substituents is 1. The number of hydrogen-bond donors (Lipinski definition) is 1. The third-order valence-electron chi connectivity index (χ3n) is 2.81. The van der Waals surface area contributed by atoms with Crippen molar-refractivity contribution in [2.75, 3.05) is 5.32 Å². The predicted molar refractivity (Wildman–Crippen MR) is 81.2 cm³/mol. The van der Waals surface area contributed by atoms with Crippen LogP contribution in [0.25, 0.3) is 0 Å². The molecule has 0 amide bonds. The maximum absolute atomic E-state index is 13.1. The van der Waals surface area contributed by atoms with Crippen molar-refractivity contribution in [2.45, 2.75) is 32.7 Å². The molecule has 112 valence electrons. The van der Waals surface area contributed by atoms with Gasteiger partial charge in [0.15, 0.2) is 0 Å². The molecule has 0 radical (unpaired) electrons. The van der Waals surface area contributed by atoms with E-state index in [0.717, 1.165) is 16.8 Å². The van der Waals surface area contributed by atoms with E-state index < -0.39 is 10.7 Å². The second-order valence-electron chi connectivity index (χ2n) is 5.67. The molecule has 0 saturated carbocycles. The van der Waals surface area contributed by atoms with Crippen LogP contribution >= 0.6 is 11.3 Å². The summed E-state index contributed by atoms with van der Waals surface area (Å²) >= 11 is 1.56. The standard InChI is InChI=1S/C14H16FN3O2S/c1-14(2,3)13-17-10(8-21-13)7-16-11-5-4-9(15)6-12(11)18(19)20/h4-6,8,16H,7H2,1-3H3. The Bertz CT molecular complexity index is 664. The van der Waals surface area contributed by atoms with Gasteiger partial charge in [-0.1, -0.05) is 20.8 Å². The lowest BCUT2D eigenvalue weighted by Crippen LogP contribution is -2.11. The molecule has 0 spiro atoms. The molecule has 0 unspecified atom stereocenters. The quantitative estimate of drug-likeness (QED) is 0.682. The zero-order valence-electron chi connectivity index (χ0n) is 12.0. The smallest absolute Gasteiger partial charge is 0.295 e. The Labute approximate surface area is 126 Å². The van der Waals surface area contributed by atoms with Gasteiger partial charge in [-0.05, 0) is 12.1 Å². The van der Waals surface area contributed by atoms with E-state index in [1.54, 1.807) is 11.3 Å². The second-order valence-corrected chi connectivity index (χ2v) is 6.52. The first kappa shape index (κ1) is 15.4. The fraction of sp³-hybridized carbons (Fsp3) is 0.357. The van der Waals surface area contributed by atoms with Crippen molar-refractivity contribution in [3.05, 3.63) is 50.2 Å². The summed E-state index contributed by atoms with van der Waals surface area (Å²) in [6.45, 7) is 6.59. The largest absolute Gasteiger partial charge is 0.374 e. The molecule has 0 atom stereocenters. The van der Waals surface area contributed by atoms with E-state index >= 15 is 0 Å². The molecule has 7 heteroatoms. The number of nitrogens with zero attached hydrogens (tertiary/aromatic N) is 2. The molecule has 0 saturated heterocycles. The number of nitro groups is 1. The predicted octanol–water partition coefficient (Wildman–Crippen LogP) is 4.10. The first-order valence-electron chi connectivity index (χ1n) is 6.40. The summed E-state index contributed by atoms with van der Waals surface area (Å²) in [5.74, 6) is -0.629. The Morgan fingerprint density at radius 2 is 2.14 bits per heavy atom. The third kappa shape index (κ3) is 3.75. The van der Waals surface area contributed by atoms with E-state index in [-0.39, 0.29) is 16.8 Å². The minimum atomic E-state index is -0.629. The van der Waals surface area contributed by atoms with Crippen molar-refractivity contribution in [3.63, 3.8) is 0 Å². The van der Waals surface area contributed by atoms with Gasteiger partial charge in [0, 0.05) is 10.8 Å². The maximum Gasteiger partial charge on any atom is 0.295 e. The van der Waals surface area contributed by atoms with E-state index in [0.29, 0.717) is 6.54 Å². The highest BCUT2D eigenvalue weighted by Gasteiger charge is 2.19. The zero-order chi connectivity index (χ0) is 15.6. The molecular weight excluding hydrogens is 293 g/mol. The third-order valence-corrected chi connectivity index (χ3v) is 4.13. The molecular formula is C14H16FN3O2S. The summed E-state index contributed by atoms with van der Waals surface area (Å²) < 4.78 is 13.1. The van der Waals surface area contributed by atoms with Gasteiger partial charge in [-0.25, -0.2) is 9.37 Å². The minimum absolute atomic E-state index is 0.0230. The van der Waals surface area contributed by atoms with Crippen molar-refractivity contribution < 1.29 is 9.31 Å². The van der Waals surface area contributed by atoms with E-state index in [1.807, 2.05) is 5.38 Å². The number of aromatic nitrogens is 1. The molecule has 2 rings (SSSR count). The molecule has 0 bridgehead atoms. The molecule has 2 aromatic rings. The van der Waals surface area contributed by atoms with Crippen molar-refractivity contribution >= 4 is 22.7 Å². The van der Waals surface area contributed by atoms with Crippen LogP contribution in [0.5, 0.6) is 0 Å². The second kappa shape index (κ2) is 5.77. The van der Waals surface area contributed by atoms with Gasteiger partial charge in [0.05, 0.1) is 28.2 Å². The fourth-order valence-corrected chi connectivity index (χ4v) is 2.63. The van der Waals surface area contributed by atoms with Gasteiger partial charge in [-0.15, -0.1) is 11.3 Å². The fourth-order valence-electron chi connectivity index (χ4n) is 1.72. The van der Waals surface area contributed by atoms with Gasteiger partial charge in [0.25, 0.3) is 5.69 Å². The summed E-state index contributed by atoms with van der Waals surface area (Å²) in [7, 11) is 0. The molecule has 1 aromatic carbocycles. The minimum Gasteiger partial charge on any atom is -0.374 e. The number of thiazole rings is 1. The number of hydrogen-bond acceptors (Lipinski definition) is 5. The summed E-state index contributed by atoms with van der Waals surface area (Å²) in [6, 6.07) is 3.46. The Balaban J connectivity index is 2.13. The Morgan fingerprint density at radius 3 is 2.71 bits per heavy atom. The molecule has 5 nitrogen and oxygen atoms in total. The SMILES string of the molecule is CC(C)(C)c1nc(CNc2ccc(F)cc2[N+](=O)[O-])cs1. The highest BCUT2D eigenvalue weighted by molar-refractivity contribution is 7.09. The summed E-state index contributed by atoms with van der Waals surface area (Å²) in [5, 5.41) is 16.8. The number of halogens is 1. The van der Waals surface area contributed by atoms with Crippen molar-refractivity contribution in [1.82, 2.24) is 4.98 Å². The molecule has 21 heavy (non-hydrogen) atoms. The van der Waals surface area contributed by atoms with Gasteiger partial charge < -0.3 is 5.32 Å². The highest BCUT2D eigenvalue weighted by Crippen LogP contribution is 2.28. The first-order valence-corrected chi connectivity index (χ1v) is 7.28. The molecule has 1 aromatic heterocycles. The van der Waals surface area contributed by atoms with Crippen molar-refractivity contribution in [3.8, 4) is 0 Å². The normalized spacial score (nSPS) is 11.4. The number of nitrogens with one attached hydrogen (secondary N) is 1. The van der Waals surface area contributed by atoms with Crippen LogP contribution in [-0.4, -0.2) is 9.91 Å². The molecule has 0 fully saturated rings. The van der Waals surface area contributed by atoms with E-state index in [4.69, 9.17) is 0 Å². The molecule has 1 N–H and O–H groups in total. The van der Waals surface area contributed by atoms with Crippen LogP contribution in [0.1, 0.15) is 31.5 Å². The molecule has 0 aliphatic carbocycles. The van der Waals surface area contributed by atoms with Gasteiger partial charge in [-0.2, -0.15) is 0 Å². The van der Waals surface area contributed by atoms with E-state index in [2.05, 4.69) is 31.1 Å². The lowest BCUT2D eigenvalue weighted by Gasteiger charge is -2.13. The zero-order valence-corrected chi connectivity index (χ0v) is 12.8. The summed E-state index contributed by atoms with van der Waals surface area (Å²) in [5.41, 5.74) is 0.793. The highest BCUT2D eigenvalue weighted by atomic mass is 32.1. The van der Waals surface area contributed by atoms with Crippen molar-refractivity contribution in [2.24, 2.45) is 0 Å². The average molecular weight is 309 g/mol. The number of rotatable bonds is 4. The maximum atomic E-state index is 13.1. The summed E-state index contributed by atoms with van der Waals surface area (Å²) in [6.07, 6.45) is 0. The summed E-state index contributed by atoms with van der Waals surface area (Å²) in [4.78, 5) is 14.8. The van der Waals surface area contributed by atoms with Crippen LogP contribution < -0.4 is 5.32 Å². The Hall–Kier alpha value is -2.02. The average Bonchev–Trinajstić information content (AvgIpc) is 2.85. The lowest BCUT2D eigenvalue weighted by molar-refractivity contribution is -0.384. The van der Waals surface area contributed by atoms with Gasteiger partial charge in [0.1, 0.15) is 11.5 Å². The van der Waals surface area contributed by atoms with Crippen molar-refractivity contribution in [1.29, 1.82) is 0 Å². The number of anilines is 1. The lowest BCUT2D eigenvalue weighted by atomic mass is 9.98. The van der Waals surface area contributed by atoms with Crippen LogP contribution in [0, 0.1) is 15.9 Å². The van der Waals surface area contributed by atoms with Crippen LogP contribution in [0.4, 0.5) is 15.8 Å². The van der Waals surface area contributed by atoms with Crippen LogP contribution in [0.15, 0.2) is 23.6 Å². The monoisotopic (exact) mass is 309 g/mol. The van der Waals surface area contributed by atoms with E-state index in [9.17, 15) is 14.5 Å². The van der Waals surface area contributed by atoms with Gasteiger partial charge in [0.2, 0.25) is 0 Å². The molecule has 1 heterocycles. The first-order chi connectivity index (χ1) is 9.77.